The Bertz CT molecular complexity index is 1370. The lowest BCUT2D eigenvalue weighted by Crippen LogP contribution is -2.17. The molecule has 4 aromatic rings. The molecule has 3 aromatic heterocycles. The molecule has 0 aliphatic heterocycles. The molecule has 0 atom stereocenters. The monoisotopic (exact) mass is 406 g/mol. The smallest absolute Gasteiger partial charge is 0.248 e. The fraction of sp³-hybridized carbons (Fsp3) is 0.348. The summed E-state index contributed by atoms with van der Waals surface area (Å²) < 4.78 is 30.1. The van der Waals surface area contributed by atoms with Gasteiger partial charge in [0, 0.05) is 23.6 Å². The summed E-state index contributed by atoms with van der Waals surface area (Å²) in [4.78, 5) is 24.3. The van der Waals surface area contributed by atoms with Gasteiger partial charge in [0.05, 0.1) is 12.1 Å². The van der Waals surface area contributed by atoms with Crippen LogP contribution >= 0.6 is 0 Å². The van der Waals surface area contributed by atoms with Gasteiger partial charge in [-0.2, -0.15) is 0 Å². The maximum atomic E-state index is 14.3. The number of fused-ring (bicyclic) bond motifs is 2. The first-order valence-corrected chi connectivity index (χ1v) is 10.4. The number of rotatable bonds is 4. The van der Waals surface area contributed by atoms with Crippen LogP contribution in [0.1, 0.15) is 60.9 Å². The Morgan fingerprint density at radius 3 is 2.67 bits per heavy atom. The van der Waals surface area contributed by atoms with Crippen molar-refractivity contribution in [2.45, 2.75) is 50.5 Å². The van der Waals surface area contributed by atoms with Crippen LogP contribution in [0.3, 0.4) is 0 Å². The zero-order valence-electron chi connectivity index (χ0n) is 16.3. The number of imidazole rings is 1. The van der Waals surface area contributed by atoms with Gasteiger partial charge in [0.2, 0.25) is 5.56 Å². The van der Waals surface area contributed by atoms with Gasteiger partial charge in [-0.1, -0.05) is 6.42 Å². The highest BCUT2D eigenvalue weighted by molar-refractivity contribution is 5.83. The summed E-state index contributed by atoms with van der Waals surface area (Å²) in [5.41, 5.74) is 3.06. The molecule has 2 aliphatic carbocycles. The van der Waals surface area contributed by atoms with Gasteiger partial charge >= 0.3 is 0 Å². The molecule has 152 valence electrons. The molecule has 0 radical (unpaired) electrons. The first kappa shape index (κ1) is 17.7. The SMILES string of the molecule is O=c1cc(Cn2c(C3CCC3)nc3c(C4CC4)ccnc32)c2ccc(F)c(F)c2[nH]1. The van der Waals surface area contributed by atoms with E-state index < -0.39 is 17.2 Å². The van der Waals surface area contributed by atoms with Crippen LogP contribution in [0.2, 0.25) is 0 Å². The average molecular weight is 406 g/mol. The molecular weight excluding hydrogens is 386 g/mol. The van der Waals surface area contributed by atoms with Crippen LogP contribution in [0, 0.1) is 11.6 Å². The van der Waals surface area contributed by atoms with Gasteiger partial charge in [-0.3, -0.25) is 4.79 Å². The highest BCUT2D eigenvalue weighted by Gasteiger charge is 2.31. The van der Waals surface area contributed by atoms with Gasteiger partial charge < -0.3 is 9.55 Å². The number of hydrogen-bond acceptors (Lipinski definition) is 3. The molecular formula is C23H20F2N4O. The van der Waals surface area contributed by atoms with Crippen LogP contribution in [0.4, 0.5) is 8.78 Å². The summed E-state index contributed by atoms with van der Waals surface area (Å²) in [7, 11) is 0. The van der Waals surface area contributed by atoms with Gasteiger partial charge in [0.15, 0.2) is 17.3 Å². The zero-order valence-corrected chi connectivity index (χ0v) is 16.3. The van der Waals surface area contributed by atoms with Crippen LogP contribution in [-0.4, -0.2) is 19.5 Å². The van der Waals surface area contributed by atoms with E-state index in [1.807, 2.05) is 6.20 Å². The Morgan fingerprint density at radius 1 is 1.10 bits per heavy atom. The maximum absolute atomic E-state index is 14.3. The van der Waals surface area contributed by atoms with Gasteiger partial charge in [0.25, 0.3) is 0 Å². The molecule has 3 heterocycles. The Labute approximate surface area is 170 Å². The first-order valence-electron chi connectivity index (χ1n) is 10.4. The Kier molecular flexibility index (Phi) is 3.82. The van der Waals surface area contributed by atoms with Crippen molar-refractivity contribution in [1.29, 1.82) is 0 Å². The average Bonchev–Trinajstić information content (AvgIpc) is 3.47. The minimum Gasteiger partial charge on any atom is -0.319 e. The van der Waals surface area contributed by atoms with Crippen LogP contribution in [0.25, 0.3) is 22.1 Å². The largest absolute Gasteiger partial charge is 0.319 e. The number of aromatic nitrogens is 4. The lowest BCUT2D eigenvalue weighted by Gasteiger charge is -2.25. The molecule has 5 nitrogen and oxygen atoms in total. The third kappa shape index (κ3) is 2.68. The van der Waals surface area contributed by atoms with E-state index in [1.165, 1.54) is 37.0 Å². The van der Waals surface area contributed by atoms with Crippen molar-refractivity contribution in [1.82, 2.24) is 19.5 Å². The van der Waals surface area contributed by atoms with E-state index in [4.69, 9.17) is 4.98 Å². The number of nitrogens with one attached hydrogen (secondary N) is 1. The van der Waals surface area contributed by atoms with E-state index in [1.54, 1.807) is 0 Å². The predicted molar refractivity (Wildman–Crippen MR) is 110 cm³/mol. The number of aromatic amines is 1. The number of H-pyrrole nitrogens is 1. The molecule has 2 fully saturated rings. The summed E-state index contributed by atoms with van der Waals surface area (Å²) >= 11 is 0. The van der Waals surface area contributed by atoms with Crippen molar-refractivity contribution in [3.05, 3.63) is 69.4 Å². The van der Waals surface area contributed by atoms with Gasteiger partial charge in [0.1, 0.15) is 11.3 Å². The Morgan fingerprint density at radius 2 is 1.93 bits per heavy atom. The highest BCUT2D eigenvalue weighted by atomic mass is 19.2. The highest BCUT2D eigenvalue weighted by Crippen LogP contribution is 2.44. The van der Waals surface area contributed by atoms with Crippen molar-refractivity contribution in [3.8, 4) is 0 Å². The molecule has 1 N–H and O–H groups in total. The van der Waals surface area contributed by atoms with Crippen LogP contribution < -0.4 is 5.56 Å². The topological polar surface area (TPSA) is 63.6 Å². The van der Waals surface area contributed by atoms with E-state index in [2.05, 4.69) is 20.6 Å². The lowest BCUT2D eigenvalue weighted by atomic mass is 9.85. The maximum Gasteiger partial charge on any atom is 0.248 e. The van der Waals surface area contributed by atoms with Crippen molar-refractivity contribution in [3.63, 3.8) is 0 Å². The number of hydrogen-bond donors (Lipinski definition) is 1. The minimum atomic E-state index is -1.03. The molecule has 0 amide bonds. The van der Waals surface area contributed by atoms with E-state index in [0.29, 0.717) is 29.3 Å². The summed E-state index contributed by atoms with van der Waals surface area (Å²) in [6.45, 7) is 0.342. The van der Waals surface area contributed by atoms with E-state index in [9.17, 15) is 13.6 Å². The van der Waals surface area contributed by atoms with Crippen molar-refractivity contribution in [2.75, 3.05) is 0 Å². The van der Waals surface area contributed by atoms with E-state index in [0.717, 1.165) is 35.9 Å². The predicted octanol–water partition coefficient (Wildman–Crippen LogP) is 4.74. The van der Waals surface area contributed by atoms with E-state index in [-0.39, 0.29) is 5.52 Å². The standard InChI is InChI=1S/C23H20F2N4O/c24-17-7-6-15-14(10-18(30)27-20(15)19(17)25)11-29-22(13-2-1-3-13)28-21-16(12-4-5-12)8-9-26-23(21)29/h6-10,12-13H,1-5,11H2,(H,27,30). The molecule has 7 heteroatoms. The zero-order chi connectivity index (χ0) is 20.4. The second-order valence-electron chi connectivity index (χ2n) is 8.47. The summed E-state index contributed by atoms with van der Waals surface area (Å²) in [6, 6.07) is 6.13. The minimum absolute atomic E-state index is 0.0984. The lowest BCUT2D eigenvalue weighted by molar-refractivity contribution is 0.391. The van der Waals surface area contributed by atoms with Crippen LogP contribution in [0.15, 0.2) is 35.3 Å². The molecule has 0 unspecified atom stereocenters. The number of benzene rings is 1. The summed E-state index contributed by atoms with van der Waals surface area (Å²) in [5.74, 6) is -0.114. The molecule has 0 spiro atoms. The number of halogens is 2. The Hall–Kier alpha value is -3.09. The third-order valence-corrected chi connectivity index (χ3v) is 6.50. The molecule has 2 saturated carbocycles. The summed E-state index contributed by atoms with van der Waals surface area (Å²) in [5, 5.41) is 0.494. The second kappa shape index (κ2) is 6.45. The molecule has 2 aliphatic rings. The van der Waals surface area contributed by atoms with E-state index >= 15 is 0 Å². The van der Waals surface area contributed by atoms with Crippen molar-refractivity contribution >= 4 is 22.1 Å². The third-order valence-electron chi connectivity index (χ3n) is 6.50. The molecule has 0 saturated heterocycles. The van der Waals surface area contributed by atoms with Gasteiger partial charge in [-0.15, -0.1) is 0 Å². The quantitative estimate of drug-likeness (QED) is 0.532. The van der Waals surface area contributed by atoms with Crippen molar-refractivity contribution < 1.29 is 8.78 Å². The first-order chi connectivity index (χ1) is 14.6. The number of nitrogens with zero attached hydrogens (tertiary/aromatic N) is 3. The molecule has 30 heavy (non-hydrogen) atoms. The van der Waals surface area contributed by atoms with Gasteiger partial charge in [-0.05, 0) is 60.9 Å². The van der Waals surface area contributed by atoms with Crippen molar-refractivity contribution in [2.24, 2.45) is 0 Å². The molecule has 1 aromatic carbocycles. The fourth-order valence-electron chi connectivity index (χ4n) is 4.55. The van der Waals surface area contributed by atoms with Crippen LogP contribution in [-0.2, 0) is 6.54 Å². The molecule has 0 bridgehead atoms. The number of pyridine rings is 2. The van der Waals surface area contributed by atoms with Gasteiger partial charge in [-0.25, -0.2) is 18.7 Å². The second-order valence-corrected chi connectivity index (χ2v) is 8.47. The summed E-state index contributed by atoms with van der Waals surface area (Å²) in [6.07, 6.45) is 7.51. The Balaban J connectivity index is 1.56. The molecule has 6 rings (SSSR count). The van der Waals surface area contributed by atoms with Crippen LogP contribution in [0.5, 0.6) is 0 Å². The fourth-order valence-corrected chi connectivity index (χ4v) is 4.55. The normalized spacial score (nSPS) is 17.0.